The second kappa shape index (κ2) is 5.57. The maximum atomic E-state index is 11.5. The molecule has 1 aromatic carbocycles. The van der Waals surface area contributed by atoms with E-state index < -0.39 is 0 Å². The Morgan fingerprint density at radius 1 is 1.06 bits per heavy atom. The van der Waals surface area contributed by atoms with E-state index in [2.05, 4.69) is 0 Å². The van der Waals surface area contributed by atoms with Crippen LogP contribution >= 0.6 is 0 Å². The minimum absolute atomic E-state index is 0.0618. The van der Waals surface area contributed by atoms with Crippen molar-refractivity contribution in [2.75, 3.05) is 21.3 Å². The number of methoxy groups -OCH3 is 3. The third-order valence-electron chi connectivity index (χ3n) is 2.80. The minimum Gasteiger partial charge on any atom is -0.496 e. The van der Waals surface area contributed by atoms with Crippen LogP contribution in [0, 0.1) is 0 Å². The van der Waals surface area contributed by atoms with Gasteiger partial charge in [-0.1, -0.05) is 6.92 Å². The molecule has 0 heterocycles. The predicted molar refractivity (Wildman–Crippen MR) is 65.2 cm³/mol. The normalized spacial score (nSPS) is 11.8. The van der Waals surface area contributed by atoms with Gasteiger partial charge >= 0.3 is 0 Å². The van der Waals surface area contributed by atoms with E-state index >= 15 is 0 Å². The van der Waals surface area contributed by atoms with Gasteiger partial charge in [0.1, 0.15) is 23.0 Å². The summed E-state index contributed by atoms with van der Waals surface area (Å²) in [6.07, 6.45) is 0. The van der Waals surface area contributed by atoms with Gasteiger partial charge in [0.05, 0.1) is 21.3 Å². The van der Waals surface area contributed by atoms with Crippen molar-refractivity contribution >= 4 is 5.78 Å². The molecular formula is C13H18O4. The molecule has 1 atom stereocenters. The number of rotatable bonds is 5. The van der Waals surface area contributed by atoms with E-state index in [1.165, 1.54) is 0 Å². The highest BCUT2D eigenvalue weighted by Gasteiger charge is 2.21. The maximum Gasteiger partial charge on any atom is 0.137 e. The molecular weight excluding hydrogens is 220 g/mol. The fourth-order valence-electron chi connectivity index (χ4n) is 1.66. The topological polar surface area (TPSA) is 44.8 Å². The molecule has 0 amide bonds. The second-order valence-electron chi connectivity index (χ2n) is 3.78. The fourth-order valence-corrected chi connectivity index (χ4v) is 1.66. The molecule has 94 valence electrons. The molecule has 4 nitrogen and oxygen atoms in total. The van der Waals surface area contributed by atoms with Crippen LogP contribution in [-0.2, 0) is 4.79 Å². The summed E-state index contributed by atoms with van der Waals surface area (Å²) in [6.45, 7) is 3.38. The zero-order valence-electron chi connectivity index (χ0n) is 10.9. The molecule has 4 heteroatoms. The number of carbonyl (C=O) groups is 1. The standard InChI is InChI=1S/C13H18O4/c1-8(9(2)14)13-11(16-4)6-10(15-3)7-12(13)17-5/h6-8H,1-5H3/t8-/m0/s1. The largest absolute Gasteiger partial charge is 0.496 e. The lowest BCUT2D eigenvalue weighted by atomic mass is 9.95. The van der Waals surface area contributed by atoms with Gasteiger partial charge in [-0.05, 0) is 6.92 Å². The third kappa shape index (κ3) is 2.70. The van der Waals surface area contributed by atoms with Gasteiger partial charge in [-0.15, -0.1) is 0 Å². The highest BCUT2D eigenvalue weighted by molar-refractivity contribution is 5.85. The molecule has 0 aliphatic carbocycles. The molecule has 0 aliphatic rings. The first-order valence-electron chi connectivity index (χ1n) is 5.35. The van der Waals surface area contributed by atoms with Crippen LogP contribution in [0.3, 0.4) is 0 Å². The van der Waals surface area contributed by atoms with Crippen LogP contribution in [0.4, 0.5) is 0 Å². The monoisotopic (exact) mass is 238 g/mol. The summed E-state index contributed by atoms with van der Waals surface area (Å²) in [5, 5.41) is 0. The van der Waals surface area contributed by atoms with E-state index in [9.17, 15) is 4.79 Å². The van der Waals surface area contributed by atoms with Crippen molar-refractivity contribution in [3.05, 3.63) is 17.7 Å². The molecule has 0 aromatic heterocycles. The number of Topliss-reactive ketones (excluding diaryl/α,β-unsaturated/α-hetero) is 1. The van der Waals surface area contributed by atoms with Crippen LogP contribution in [0.2, 0.25) is 0 Å². The van der Waals surface area contributed by atoms with Crippen molar-refractivity contribution in [3.8, 4) is 17.2 Å². The van der Waals surface area contributed by atoms with Crippen molar-refractivity contribution in [1.29, 1.82) is 0 Å². The van der Waals surface area contributed by atoms with Crippen molar-refractivity contribution < 1.29 is 19.0 Å². The summed E-state index contributed by atoms with van der Waals surface area (Å²) in [6, 6.07) is 3.49. The fraction of sp³-hybridized carbons (Fsp3) is 0.462. The lowest BCUT2D eigenvalue weighted by molar-refractivity contribution is -0.118. The Morgan fingerprint density at radius 2 is 1.53 bits per heavy atom. The van der Waals surface area contributed by atoms with Crippen molar-refractivity contribution in [1.82, 2.24) is 0 Å². The van der Waals surface area contributed by atoms with Crippen molar-refractivity contribution in [3.63, 3.8) is 0 Å². The quantitative estimate of drug-likeness (QED) is 0.790. The SMILES string of the molecule is COc1cc(OC)c([C@@H](C)C(C)=O)c(OC)c1. The van der Waals surface area contributed by atoms with Crippen molar-refractivity contribution in [2.45, 2.75) is 19.8 Å². The van der Waals surface area contributed by atoms with E-state index in [-0.39, 0.29) is 11.7 Å². The molecule has 0 bridgehead atoms. The first kappa shape index (κ1) is 13.4. The zero-order chi connectivity index (χ0) is 13.0. The second-order valence-corrected chi connectivity index (χ2v) is 3.78. The first-order valence-corrected chi connectivity index (χ1v) is 5.35. The van der Waals surface area contributed by atoms with Gasteiger partial charge in [0.2, 0.25) is 0 Å². The van der Waals surface area contributed by atoms with E-state index in [0.717, 1.165) is 5.56 Å². The number of ketones is 1. The molecule has 0 fully saturated rings. The number of hydrogen-bond donors (Lipinski definition) is 0. The number of hydrogen-bond acceptors (Lipinski definition) is 4. The van der Waals surface area contributed by atoms with Crippen LogP contribution in [0.1, 0.15) is 25.3 Å². The summed E-state index contributed by atoms with van der Waals surface area (Å²) in [5.74, 6) is 1.63. The minimum atomic E-state index is -0.272. The van der Waals surface area contributed by atoms with Crippen LogP contribution in [-0.4, -0.2) is 27.1 Å². The Morgan fingerprint density at radius 3 is 1.82 bits per heavy atom. The van der Waals surface area contributed by atoms with Gasteiger partial charge in [-0.25, -0.2) is 0 Å². The maximum absolute atomic E-state index is 11.5. The number of carbonyl (C=O) groups excluding carboxylic acids is 1. The molecule has 1 rings (SSSR count). The van der Waals surface area contributed by atoms with Crippen LogP contribution in [0.15, 0.2) is 12.1 Å². The Kier molecular flexibility index (Phi) is 4.37. The van der Waals surface area contributed by atoms with Gasteiger partial charge in [-0.2, -0.15) is 0 Å². The van der Waals surface area contributed by atoms with Gasteiger partial charge in [0.15, 0.2) is 0 Å². The molecule has 0 aliphatic heterocycles. The summed E-state index contributed by atoms with van der Waals surface area (Å²) < 4.78 is 15.7. The lowest BCUT2D eigenvalue weighted by Crippen LogP contribution is -2.08. The molecule has 1 aromatic rings. The Bertz CT molecular complexity index is 387. The zero-order valence-corrected chi connectivity index (χ0v) is 10.9. The van der Waals surface area contributed by atoms with Gasteiger partial charge in [0.25, 0.3) is 0 Å². The van der Waals surface area contributed by atoms with E-state index in [1.807, 2.05) is 6.92 Å². The average molecular weight is 238 g/mol. The number of ether oxygens (including phenoxy) is 3. The van der Waals surface area contributed by atoms with Gasteiger partial charge in [-0.3, -0.25) is 4.79 Å². The van der Waals surface area contributed by atoms with Gasteiger partial charge in [0, 0.05) is 23.6 Å². The van der Waals surface area contributed by atoms with Crippen LogP contribution in [0.25, 0.3) is 0 Å². The smallest absolute Gasteiger partial charge is 0.137 e. The highest BCUT2D eigenvalue weighted by Crippen LogP contribution is 2.39. The predicted octanol–water partition coefficient (Wildman–Crippen LogP) is 2.40. The molecule has 0 N–H and O–H groups in total. The summed E-state index contributed by atoms with van der Waals surface area (Å²) in [5.41, 5.74) is 0.753. The molecule has 0 saturated heterocycles. The molecule has 0 spiro atoms. The average Bonchev–Trinajstić information content (AvgIpc) is 2.35. The Balaban J connectivity index is 3.39. The highest BCUT2D eigenvalue weighted by atomic mass is 16.5. The van der Waals surface area contributed by atoms with Gasteiger partial charge < -0.3 is 14.2 Å². The molecule has 0 unspecified atom stereocenters. The third-order valence-corrected chi connectivity index (χ3v) is 2.80. The lowest BCUT2D eigenvalue weighted by Gasteiger charge is -2.18. The number of benzene rings is 1. The molecule has 17 heavy (non-hydrogen) atoms. The summed E-state index contributed by atoms with van der Waals surface area (Å²) in [4.78, 5) is 11.5. The van der Waals surface area contributed by atoms with Crippen LogP contribution < -0.4 is 14.2 Å². The van der Waals surface area contributed by atoms with E-state index in [1.54, 1.807) is 40.4 Å². The summed E-state index contributed by atoms with van der Waals surface area (Å²) in [7, 11) is 4.69. The van der Waals surface area contributed by atoms with Crippen LogP contribution in [0.5, 0.6) is 17.2 Å². The van der Waals surface area contributed by atoms with E-state index in [4.69, 9.17) is 14.2 Å². The van der Waals surface area contributed by atoms with Crippen molar-refractivity contribution in [2.24, 2.45) is 0 Å². The molecule has 0 radical (unpaired) electrons. The molecule has 0 saturated carbocycles. The summed E-state index contributed by atoms with van der Waals surface area (Å²) >= 11 is 0. The Labute approximate surface area is 101 Å². The Hall–Kier alpha value is -1.71. The first-order chi connectivity index (χ1) is 8.04. The van der Waals surface area contributed by atoms with E-state index in [0.29, 0.717) is 17.2 Å².